The van der Waals surface area contributed by atoms with E-state index in [0.717, 1.165) is 25.0 Å². The molecular weight excluding hydrogens is 257 g/mol. The number of rotatable bonds is 3. The number of anilines is 1. The van der Waals surface area contributed by atoms with Gasteiger partial charge in [-0.1, -0.05) is 6.07 Å². The van der Waals surface area contributed by atoms with Crippen molar-refractivity contribution in [2.75, 3.05) is 5.32 Å². The molecule has 2 rings (SSSR count). The van der Waals surface area contributed by atoms with Crippen molar-refractivity contribution in [3.63, 3.8) is 0 Å². The van der Waals surface area contributed by atoms with E-state index in [1.807, 2.05) is 6.92 Å². The Morgan fingerprint density at radius 1 is 1.37 bits per heavy atom. The molecule has 2 amide bonds. The number of nitrogens with one attached hydrogen (secondary N) is 2. The number of urea groups is 1. The number of halogens is 3. The van der Waals surface area contributed by atoms with Crippen LogP contribution >= 0.6 is 0 Å². The van der Waals surface area contributed by atoms with Crippen molar-refractivity contribution in [2.24, 2.45) is 5.92 Å². The molecule has 19 heavy (non-hydrogen) atoms. The number of alkyl halides is 3. The van der Waals surface area contributed by atoms with Gasteiger partial charge in [0.15, 0.2) is 0 Å². The lowest BCUT2D eigenvalue weighted by molar-refractivity contribution is -0.137. The van der Waals surface area contributed by atoms with Gasteiger partial charge in [-0.05, 0) is 43.9 Å². The topological polar surface area (TPSA) is 41.1 Å². The average Bonchev–Trinajstić information content (AvgIpc) is 3.11. The van der Waals surface area contributed by atoms with Gasteiger partial charge < -0.3 is 10.6 Å². The van der Waals surface area contributed by atoms with E-state index in [2.05, 4.69) is 10.6 Å². The predicted molar refractivity (Wildman–Crippen MR) is 65.8 cm³/mol. The zero-order valence-corrected chi connectivity index (χ0v) is 10.4. The molecule has 0 saturated heterocycles. The third kappa shape index (κ3) is 3.87. The Balaban J connectivity index is 1.96. The molecule has 1 unspecified atom stereocenters. The van der Waals surface area contributed by atoms with Crippen molar-refractivity contribution >= 4 is 11.7 Å². The summed E-state index contributed by atoms with van der Waals surface area (Å²) in [4.78, 5) is 11.6. The first kappa shape index (κ1) is 13.7. The monoisotopic (exact) mass is 272 g/mol. The number of benzene rings is 1. The maximum atomic E-state index is 12.5. The highest BCUT2D eigenvalue weighted by Gasteiger charge is 2.31. The van der Waals surface area contributed by atoms with E-state index < -0.39 is 17.8 Å². The summed E-state index contributed by atoms with van der Waals surface area (Å²) < 4.78 is 37.5. The standard InChI is InChI=1S/C13H15F3N2O/c1-8(9-5-6-9)17-12(19)18-11-4-2-3-10(7-11)13(14,15)16/h2-4,7-9H,5-6H2,1H3,(H2,17,18,19). The number of carbonyl (C=O) groups excluding carboxylic acids is 1. The molecule has 0 heterocycles. The Bertz CT molecular complexity index is 469. The molecule has 6 heteroatoms. The summed E-state index contributed by atoms with van der Waals surface area (Å²) >= 11 is 0. The smallest absolute Gasteiger partial charge is 0.335 e. The van der Waals surface area contributed by atoms with Crippen LogP contribution in [0.3, 0.4) is 0 Å². The van der Waals surface area contributed by atoms with E-state index in [9.17, 15) is 18.0 Å². The quantitative estimate of drug-likeness (QED) is 0.866. The van der Waals surface area contributed by atoms with E-state index in [1.165, 1.54) is 12.1 Å². The van der Waals surface area contributed by atoms with Gasteiger partial charge in [-0.2, -0.15) is 13.2 Å². The fourth-order valence-corrected chi connectivity index (χ4v) is 1.86. The minimum atomic E-state index is -4.41. The summed E-state index contributed by atoms with van der Waals surface area (Å²) in [6.07, 6.45) is -2.23. The van der Waals surface area contributed by atoms with Gasteiger partial charge in [0.25, 0.3) is 0 Å². The summed E-state index contributed by atoms with van der Waals surface area (Å²) in [6.45, 7) is 1.89. The molecule has 1 aliphatic carbocycles. The van der Waals surface area contributed by atoms with Gasteiger partial charge in [-0.25, -0.2) is 4.79 Å². The molecule has 0 bridgehead atoms. The van der Waals surface area contributed by atoms with Crippen LogP contribution in [0.2, 0.25) is 0 Å². The van der Waals surface area contributed by atoms with Gasteiger partial charge in [0, 0.05) is 11.7 Å². The highest BCUT2D eigenvalue weighted by atomic mass is 19.4. The normalized spacial score (nSPS) is 16.8. The van der Waals surface area contributed by atoms with Crippen molar-refractivity contribution in [3.05, 3.63) is 29.8 Å². The number of carbonyl (C=O) groups is 1. The molecular formula is C13H15F3N2O. The van der Waals surface area contributed by atoms with Gasteiger partial charge in [-0.15, -0.1) is 0 Å². The number of hydrogen-bond donors (Lipinski definition) is 2. The van der Waals surface area contributed by atoms with Crippen LogP contribution in [0.4, 0.5) is 23.7 Å². The molecule has 3 nitrogen and oxygen atoms in total. The summed E-state index contributed by atoms with van der Waals surface area (Å²) in [7, 11) is 0. The van der Waals surface area contributed by atoms with Crippen LogP contribution in [0.15, 0.2) is 24.3 Å². The minimum Gasteiger partial charge on any atom is -0.335 e. The van der Waals surface area contributed by atoms with Crippen molar-refractivity contribution in [3.8, 4) is 0 Å². The molecule has 1 saturated carbocycles. The third-order valence-electron chi connectivity index (χ3n) is 3.14. The highest BCUT2D eigenvalue weighted by molar-refractivity contribution is 5.89. The Labute approximate surface area is 109 Å². The first-order chi connectivity index (χ1) is 8.86. The van der Waals surface area contributed by atoms with Gasteiger partial charge in [0.1, 0.15) is 0 Å². The first-order valence-corrected chi connectivity index (χ1v) is 6.11. The van der Waals surface area contributed by atoms with E-state index in [1.54, 1.807) is 0 Å². The van der Waals surface area contributed by atoms with E-state index in [0.29, 0.717) is 5.92 Å². The molecule has 0 aromatic heterocycles. The van der Waals surface area contributed by atoms with E-state index >= 15 is 0 Å². The molecule has 0 radical (unpaired) electrons. The molecule has 1 aromatic carbocycles. The molecule has 1 atom stereocenters. The number of amides is 2. The summed E-state index contributed by atoms with van der Waals surface area (Å²) in [5.74, 6) is 0.493. The molecule has 0 aliphatic heterocycles. The maximum absolute atomic E-state index is 12.5. The minimum absolute atomic E-state index is 0.0470. The average molecular weight is 272 g/mol. The zero-order chi connectivity index (χ0) is 14.0. The maximum Gasteiger partial charge on any atom is 0.416 e. The summed E-state index contributed by atoms with van der Waals surface area (Å²) in [5, 5.41) is 5.14. The third-order valence-corrected chi connectivity index (χ3v) is 3.14. The SMILES string of the molecule is CC(NC(=O)Nc1cccc(C(F)(F)F)c1)C1CC1. The van der Waals surface area contributed by atoms with Crippen molar-refractivity contribution in [2.45, 2.75) is 32.0 Å². The fraction of sp³-hybridized carbons (Fsp3) is 0.462. The van der Waals surface area contributed by atoms with Gasteiger partial charge in [0.05, 0.1) is 5.56 Å². The first-order valence-electron chi connectivity index (χ1n) is 6.11. The lowest BCUT2D eigenvalue weighted by atomic mass is 10.2. The zero-order valence-electron chi connectivity index (χ0n) is 10.4. The van der Waals surface area contributed by atoms with Crippen LogP contribution in [0.1, 0.15) is 25.3 Å². The van der Waals surface area contributed by atoms with Gasteiger partial charge in [0.2, 0.25) is 0 Å². The summed E-state index contributed by atoms with van der Waals surface area (Å²) in [5.41, 5.74) is -0.643. The van der Waals surface area contributed by atoms with Crippen LogP contribution in [0, 0.1) is 5.92 Å². The second kappa shape index (κ2) is 5.11. The van der Waals surface area contributed by atoms with Crippen molar-refractivity contribution in [1.82, 2.24) is 5.32 Å². The van der Waals surface area contributed by atoms with Gasteiger partial charge >= 0.3 is 12.2 Å². The summed E-state index contributed by atoms with van der Waals surface area (Å²) in [6, 6.07) is 4.15. The molecule has 104 valence electrons. The van der Waals surface area contributed by atoms with Crippen LogP contribution in [0.5, 0.6) is 0 Å². The molecule has 0 spiro atoms. The van der Waals surface area contributed by atoms with Gasteiger partial charge in [-0.3, -0.25) is 0 Å². The Morgan fingerprint density at radius 2 is 2.05 bits per heavy atom. The van der Waals surface area contributed by atoms with E-state index in [4.69, 9.17) is 0 Å². The lowest BCUT2D eigenvalue weighted by Gasteiger charge is -2.14. The second-order valence-electron chi connectivity index (χ2n) is 4.80. The lowest BCUT2D eigenvalue weighted by Crippen LogP contribution is -2.37. The molecule has 2 N–H and O–H groups in total. The van der Waals surface area contributed by atoms with E-state index in [-0.39, 0.29) is 11.7 Å². The fourth-order valence-electron chi connectivity index (χ4n) is 1.86. The van der Waals surface area contributed by atoms with Crippen molar-refractivity contribution in [1.29, 1.82) is 0 Å². The van der Waals surface area contributed by atoms with Crippen LogP contribution in [-0.4, -0.2) is 12.1 Å². The van der Waals surface area contributed by atoms with Crippen LogP contribution < -0.4 is 10.6 Å². The number of hydrogen-bond acceptors (Lipinski definition) is 1. The Morgan fingerprint density at radius 3 is 2.63 bits per heavy atom. The largest absolute Gasteiger partial charge is 0.416 e. The molecule has 1 aliphatic rings. The second-order valence-corrected chi connectivity index (χ2v) is 4.80. The highest BCUT2D eigenvalue weighted by Crippen LogP contribution is 2.32. The van der Waals surface area contributed by atoms with Crippen LogP contribution in [0.25, 0.3) is 0 Å². The molecule has 1 fully saturated rings. The van der Waals surface area contributed by atoms with Crippen LogP contribution in [-0.2, 0) is 6.18 Å². The Hall–Kier alpha value is -1.72. The Kier molecular flexibility index (Phi) is 3.68. The predicted octanol–water partition coefficient (Wildman–Crippen LogP) is 3.63. The van der Waals surface area contributed by atoms with Crippen molar-refractivity contribution < 1.29 is 18.0 Å². The molecule has 1 aromatic rings.